The summed E-state index contributed by atoms with van der Waals surface area (Å²) in [5.74, 6) is -0.413. The first-order chi connectivity index (χ1) is 12.5. The summed E-state index contributed by atoms with van der Waals surface area (Å²) in [6.45, 7) is 2.10. The molecule has 0 amide bonds. The number of carbonyl (C=O) groups excluding carboxylic acids is 1. The number of likely N-dealkylation sites (N-methyl/N-ethyl adjacent to an activating group) is 1. The number of hydrogen-bond donors (Lipinski definition) is 1. The molecule has 2 aliphatic rings. The Morgan fingerprint density at radius 2 is 1.85 bits per heavy atom. The van der Waals surface area contributed by atoms with Gasteiger partial charge in [0.2, 0.25) is 5.78 Å². The van der Waals surface area contributed by atoms with E-state index < -0.39 is 22.0 Å². The number of nitrogens with one attached hydrogen (secondary N) is 1. The first-order valence-corrected chi connectivity index (χ1v) is 9.87. The molecule has 0 spiro atoms. The van der Waals surface area contributed by atoms with Gasteiger partial charge in [0.05, 0.1) is 6.04 Å². The van der Waals surface area contributed by atoms with Gasteiger partial charge in [-0.2, -0.15) is 17.4 Å². The molecular weight excluding hydrogens is 354 g/mol. The first kappa shape index (κ1) is 18.7. The number of piperazine rings is 1. The fraction of sp³-hybridized carbons (Fsp3) is 0.412. The molecule has 0 unspecified atom stereocenters. The van der Waals surface area contributed by atoms with Crippen LogP contribution in [0.5, 0.6) is 0 Å². The fourth-order valence-electron chi connectivity index (χ4n) is 2.84. The maximum atomic E-state index is 12.8. The highest BCUT2D eigenvalue weighted by molar-refractivity contribution is 7.87. The number of hydrogen-bond acceptors (Lipinski definition) is 5. The van der Waals surface area contributed by atoms with Gasteiger partial charge in [-0.25, -0.2) is 10.3 Å². The molecule has 1 fully saturated rings. The molecule has 8 nitrogen and oxygen atoms in total. The fourth-order valence-corrected chi connectivity index (χ4v) is 4.19. The van der Waals surface area contributed by atoms with Crippen LogP contribution in [0.15, 0.2) is 47.7 Å². The topological polar surface area (TPSA) is 96.2 Å². The molecule has 2 aliphatic heterocycles. The van der Waals surface area contributed by atoms with Crippen LogP contribution in [0.2, 0.25) is 0 Å². The van der Waals surface area contributed by atoms with E-state index in [9.17, 15) is 13.2 Å². The van der Waals surface area contributed by atoms with Gasteiger partial charge >= 0.3 is 0 Å². The van der Waals surface area contributed by atoms with Gasteiger partial charge in [0.15, 0.2) is 5.84 Å². The third-order valence-corrected chi connectivity index (χ3v) is 6.00. The van der Waals surface area contributed by atoms with Crippen molar-refractivity contribution < 1.29 is 13.2 Å². The van der Waals surface area contributed by atoms with E-state index in [2.05, 4.69) is 19.9 Å². The summed E-state index contributed by atoms with van der Waals surface area (Å²) in [7, 11) is -1.83. The number of benzene rings is 1. The number of Topliss-reactive ketones (excluding diaryl/α,β-unsaturated/α-hetero) is 1. The second kappa shape index (κ2) is 8.09. The van der Waals surface area contributed by atoms with Gasteiger partial charge in [-0.1, -0.05) is 30.3 Å². The highest BCUT2D eigenvalue weighted by Crippen LogP contribution is 2.10. The molecule has 0 aromatic heterocycles. The molecule has 0 saturated carbocycles. The van der Waals surface area contributed by atoms with E-state index in [-0.39, 0.29) is 12.3 Å². The van der Waals surface area contributed by atoms with Crippen molar-refractivity contribution in [2.75, 3.05) is 33.2 Å². The number of amidine groups is 1. The summed E-state index contributed by atoms with van der Waals surface area (Å²) in [6.07, 6.45) is 3.07. The lowest BCUT2D eigenvalue weighted by molar-refractivity contribution is -0.114. The van der Waals surface area contributed by atoms with Crippen LogP contribution >= 0.6 is 0 Å². The molecule has 139 valence electrons. The zero-order chi connectivity index (χ0) is 18.6. The summed E-state index contributed by atoms with van der Waals surface area (Å²) in [5, 5.41) is 3.92. The van der Waals surface area contributed by atoms with E-state index >= 15 is 0 Å². The van der Waals surface area contributed by atoms with Crippen LogP contribution in [0.3, 0.4) is 0 Å². The average Bonchev–Trinajstić information content (AvgIpc) is 3.16. The van der Waals surface area contributed by atoms with Gasteiger partial charge in [-0.05, 0) is 19.0 Å². The maximum Gasteiger partial charge on any atom is 0.280 e. The van der Waals surface area contributed by atoms with Gasteiger partial charge in [0.1, 0.15) is 0 Å². The van der Waals surface area contributed by atoms with Crippen LogP contribution in [0.1, 0.15) is 5.56 Å². The Balaban J connectivity index is 1.77. The zero-order valence-corrected chi connectivity index (χ0v) is 15.4. The van der Waals surface area contributed by atoms with Crippen LogP contribution in [-0.2, 0) is 21.4 Å². The van der Waals surface area contributed by atoms with Crippen molar-refractivity contribution in [3.05, 3.63) is 48.3 Å². The molecule has 1 aromatic rings. The van der Waals surface area contributed by atoms with Gasteiger partial charge in [-0.15, -0.1) is 0 Å². The summed E-state index contributed by atoms with van der Waals surface area (Å²) < 4.78 is 29.5. The SMILES string of the molecule is CN1CCN(S(=O)(=O)N[C@@H](Cc2ccccc2)C(=O)C2=NC=C[N]2)CC1. The lowest BCUT2D eigenvalue weighted by Gasteiger charge is -2.32. The summed E-state index contributed by atoms with van der Waals surface area (Å²) in [5.41, 5.74) is 0.860. The van der Waals surface area contributed by atoms with Gasteiger partial charge < -0.3 is 4.90 Å². The molecule has 0 bridgehead atoms. The van der Waals surface area contributed by atoms with Gasteiger partial charge in [-0.3, -0.25) is 4.79 Å². The van der Waals surface area contributed by atoms with Crippen LogP contribution in [0, 0.1) is 0 Å². The van der Waals surface area contributed by atoms with Crippen LogP contribution in [-0.4, -0.2) is 68.5 Å². The molecule has 9 heteroatoms. The van der Waals surface area contributed by atoms with Gasteiger partial charge in [0, 0.05) is 38.6 Å². The zero-order valence-electron chi connectivity index (χ0n) is 14.6. The largest absolute Gasteiger partial charge is 0.304 e. The molecule has 0 aliphatic carbocycles. The molecule has 1 N–H and O–H groups in total. The second-order valence-corrected chi connectivity index (χ2v) is 8.01. The van der Waals surface area contributed by atoms with E-state index in [0.29, 0.717) is 26.2 Å². The summed E-state index contributed by atoms with van der Waals surface area (Å²) >= 11 is 0. The minimum atomic E-state index is -3.78. The Morgan fingerprint density at radius 1 is 1.15 bits per heavy atom. The lowest BCUT2D eigenvalue weighted by atomic mass is 10.0. The van der Waals surface area contributed by atoms with Crippen molar-refractivity contribution in [3.8, 4) is 0 Å². The predicted octanol–water partition coefficient (Wildman–Crippen LogP) is -0.264. The number of aliphatic imine (C=N–C) groups is 1. The van der Waals surface area contributed by atoms with Crippen molar-refractivity contribution in [3.63, 3.8) is 0 Å². The number of nitrogens with zero attached hydrogens (tertiary/aromatic N) is 4. The minimum Gasteiger partial charge on any atom is -0.304 e. The molecule has 1 atom stereocenters. The Kier molecular flexibility index (Phi) is 5.82. The van der Waals surface area contributed by atoms with Crippen LogP contribution < -0.4 is 10.0 Å². The predicted molar refractivity (Wildman–Crippen MR) is 98.8 cm³/mol. The highest BCUT2D eigenvalue weighted by Gasteiger charge is 2.33. The molecule has 26 heavy (non-hydrogen) atoms. The monoisotopic (exact) mass is 376 g/mol. The molecule has 1 radical (unpaired) electrons. The van der Waals surface area contributed by atoms with E-state index in [1.54, 1.807) is 0 Å². The van der Waals surface area contributed by atoms with E-state index in [1.165, 1.54) is 16.7 Å². The average molecular weight is 376 g/mol. The molecule has 1 saturated heterocycles. The van der Waals surface area contributed by atoms with Crippen molar-refractivity contribution in [1.82, 2.24) is 19.2 Å². The maximum absolute atomic E-state index is 12.8. The minimum absolute atomic E-state index is 0.0204. The van der Waals surface area contributed by atoms with Gasteiger partial charge in [0.25, 0.3) is 10.2 Å². The van der Waals surface area contributed by atoms with E-state index in [1.807, 2.05) is 37.4 Å². The van der Waals surface area contributed by atoms with Crippen LogP contribution in [0.25, 0.3) is 0 Å². The Labute approximate surface area is 153 Å². The third kappa shape index (κ3) is 4.55. The van der Waals surface area contributed by atoms with Crippen molar-refractivity contribution in [1.29, 1.82) is 0 Å². The smallest absolute Gasteiger partial charge is 0.280 e. The Morgan fingerprint density at radius 3 is 2.46 bits per heavy atom. The second-order valence-electron chi connectivity index (χ2n) is 6.31. The van der Waals surface area contributed by atoms with Crippen molar-refractivity contribution in [2.45, 2.75) is 12.5 Å². The van der Waals surface area contributed by atoms with Crippen molar-refractivity contribution >= 4 is 21.8 Å². The molecule has 2 heterocycles. The number of carbonyl (C=O) groups is 1. The first-order valence-electron chi connectivity index (χ1n) is 8.43. The normalized spacial score (nSPS) is 19.8. The molecular formula is C17H22N5O3S. The summed E-state index contributed by atoms with van der Waals surface area (Å²) in [4.78, 5) is 18.7. The van der Waals surface area contributed by atoms with Crippen molar-refractivity contribution in [2.24, 2.45) is 4.99 Å². The number of rotatable bonds is 7. The third-order valence-electron chi connectivity index (χ3n) is 4.37. The Bertz CT molecular complexity index is 799. The lowest BCUT2D eigenvalue weighted by Crippen LogP contribution is -2.55. The van der Waals surface area contributed by atoms with Crippen LogP contribution in [0.4, 0.5) is 0 Å². The summed E-state index contributed by atoms with van der Waals surface area (Å²) in [6, 6.07) is 8.33. The quantitative estimate of drug-likeness (QED) is 0.709. The molecule has 1 aromatic carbocycles. The van der Waals surface area contributed by atoms with E-state index in [0.717, 1.165) is 5.56 Å². The molecule has 3 rings (SSSR count). The van der Waals surface area contributed by atoms with E-state index in [4.69, 9.17) is 0 Å². The highest BCUT2D eigenvalue weighted by atomic mass is 32.2. The Hall–Kier alpha value is -2.07. The standard InChI is InChI=1S/C17H22N5O3S/c1-21-9-11-22(12-10-21)26(24,25)20-15(13-14-5-3-2-4-6-14)16(23)17-18-7-8-19-17/h2-8,15,20H,9-13H2,1H3/t15-/m0/s1. The number of ketones is 1.